The van der Waals surface area contributed by atoms with Crippen LogP contribution < -0.4 is 4.99 Å². The molecule has 0 aromatic heterocycles. The molecule has 0 heterocycles. The third-order valence-corrected chi connectivity index (χ3v) is 5.99. The van der Waals surface area contributed by atoms with Crippen LogP contribution in [-0.2, 0) is 21.8 Å². The highest BCUT2D eigenvalue weighted by atomic mass is 35.5. The Morgan fingerprint density at radius 2 is 1.65 bits per heavy atom. The van der Waals surface area contributed by atoms with Gasteiger partial charge >= 0.3 is 11.9 Å². The molecule has 0 aliphatic heterocycles. The summed E-state index contributed by atoms with van der Waals surface area (Å²) in [5.74, 6) is -2.71. The first-order valence-electron chi connectivity index (χ1n) is 14.1. The summed E-state index contributed by atoms with van der Waals surface area (Å²) in [5.41, 5.74) is 7.11. The summed E-state index contributed by atoms with van der Waals surface area (Å²) in [4.78, 5) is 12.9. The van der Waals surface area contributed by atoms with Crippen molar-refractivity contribution in [2.45, 2.75) is 53.3 Å². The Morgan fingerprint density at radius 3 is 2.19 bits per heavy atom. The molecule has 0 amide bonds. The van der Waals surface area contributed by atoms with Gasteiger partial charge in [-0.2, -0.15) is 4.99 Å². The van der Waals surface area contributed by atoms with Crippen LogP contribution in [0, 0.1) is 18.6 Å². The van der Waals surface area contributed by atoms with E-state index in [2.05, 4.69) is 104 Å². The van der Waals surface area contributed by atoms with E-state index in [0.29, 0.717) is 5.88 Å². The lowest BCUT2D eigenvalue weighted by Gasteiger charge is -2.13. The summed E-state index contributed by atoms with van der Waals surface area (Å²) < 4.78 is 30.5. The van der Waals surface area contributed by atoms with Crippen LogP contribution in [-0.4, -0.2) is 30.6 Å². The van der Waals surface area contributed by atoms with Gasteiger partial charge in [0.25, 0.3) is 0 Å². The molecule has 0 fully saturated rings. The van der Waals surface area contributed by atoms with Crippen molar-refractivity contribution < 1.29 is 28.4 Å². The predicted molar refractivity (Wildman–Crippen MR) is 178 cm³/mol. The summed E-state index contributed by atoms with van der Waals surface area (Å²) in [7, 11) is 1.16. The first-order chi connectivity index (χ1) is 20.7. The first kappa shape index (κ1) is 39.0. The molecule has 0 unspecified atom stereocenters. The second kappa shape index (κ2) is 22.6. The zero-order valence-corrected chi connectivity index (χ0v) is 26.9. The number of carbonyl (C=O) groups excluding carboxylic acids is 1. The van der Waals surface area contributed by atoms with E-state index in [1.165, 1.54) is 39.4 Å². The average Bonchev–Trinajstić information content (AvgIpc) is 3.01. The van der Waals surface area contributed by atoms with E-state index in [0.717, 1.165) is 32.1 Å². The number of carbonyl (C=O) groups is 1. The van der Waals surface area contributed by atoms with Gasteiger partial charge in [-0.15, -0.1) is 24.8 Å². The summed E-state index contributed by atoms with van der Waals surface area (Å²) in [5, 5.41) is 9.34. The van der Waals surface area contributed by atoms with Crippen molar-refractivity contribution in [3.05, 3.63) is 130 Å². The van der Waals surface area contributed by atoms with E-state index in [9.17, 15) is 18.7 Å². The van der Waals surface area contributed by atoms with E-state index in [4.69, 9.17) is 11.6 Å². The third kappa shape index (κ3) is 13.7. The van der Waals surface area contributed by atoms with Gasteiger partial charge in [0, 0.05) is 5.88 Å². The molecular weight excluding hydrogens is 568 g/mol. The fourth-order valence-electron chi connectivity index (χ4n) is 3.87. The Bertz CT molecular complexity index is 1350. The van der Waals surface area contributed by atoms with Crippen LogP contribution in [0.1, 0.15) is 73.1 Å². The number of rotatable bonds is 9. The molecule has 3 rings (SSSR count). The number of allylic oxidation sites excluding steroid dienone is 2. The molecule has 7 heteroatoms. The van der Waals surface area contributed by atoms with E-state index < -0.39 is 29.1 Å². The van der Waals surface area contributed by atoms with Gasteiger partial charge in [0.2, 0.25) is 6.54 Å². The number of aryl methyl sites for hydroxylation is 1. The van der Waals surface area contributed by atoms with Crippen LogP contribution in [0.15, 0.2) is 79.9 Å². The van der Waals surface area contributed by atoms with Gasteiger partial charge in [-0.05, 0) is 72.7 Å². The minimum Gasteiger partial charge on any atom is -0.464 e. The van der Waals surface area contributed by atoms with Gasteiger partial charge in [-0.25, -0.2) is 13.6 Å². The Kier molecular flexibility index (Phi) is 20.4. The van der Waals surface area contributed by atoms with Crippen molar-refractivity contribution in [2.24, 2.45) is 0 Å². The molecule has 0 aliphatic carbocycles. The van der Waals surface area contributed by atoms with Crippen LogP contribution in [0.4, 0.5) is 8.78 Å². The summed E-state index contributed by atoms with van der Waals surface area (Å²) in [6.07, 6.45) is 10.7. The fraction of sp³-hybridized carbons (Fsp3) is 0.278. The minimum atomic E-state index is -0.921. The van der Waals surface area contributed by atoms with Crippen LogP contribution in [0.5, 0.6) is 0 Å². The molecule has 0 bridgehead atoms. The molecule has 2 N–H and O–H groups in total. The van der Waals surface area contributed by atoms with Gasteiger partial charge < -0.3 is 9.84 Å². The number of ether oxygens (including phenoxy) is 1. The first-order valence-corrected chi connectivity index (χ1v) is 14.6. The summed E-state index contributed by atoms with van der Waals surface area (Å²) in [6.45, 7) is 16.0. The van der Waals surface area contributed by atoms with Crippen LogP contribution in [0.3, 0.4) is 0 Å². The standard InChI is InChI=1S/C22H25Cl.C10H9F2NO3.C2H6.C2H4/c1-4-6-11-22-20(8-5-2)14-19(16-23)15-21(22)13-18-10-7-9-17(3)12-18;1-16-8(14)5-13-10(15)9-6(11)3-2-4-7(9)12;2*1-2/h5-12,14-15H,4,13,16H2,1-3H3;2-4H,5H2,1H3,(H,13,15);1-2H3;1-2H2/p+1/b8-5-,11-6+;;;. The van der Waals surface area contributed by atoms with Crippen molar-refractivity contribution >= 4 is 35.6 Å². The number of benzene rings is 3. The number of aliphatic hydroxyl groups excluding tert-OH is 1. The third-order valence-electron chi connectivity index (χ3n) is 5.68. The van der Waals surface area contributed by atoms with Crippen LogP contribution >= 0.6 is 11.6 Å². The van der Waals surface area contributed by atoms with Gasteiger partial charge in [0.15, 0.2) is 5.56 Å². The SMILES string of the molecule is C/C=C\c1cc(CCl)cc(Cc2cccc(C)c2)c1/C=C/CC.C=C.CC.COC(=O)C[NH+]=C(O)c1c(F)cccc1F. The Balaban J connectivity index is 0.000000773. The predicted octanol–water partition coefficient (Wildman–Crippen LogP) is 8.13. The number of esters is 1. The molecule has 0 aliphatic rings. The number of hydrogen-bond acceptors (Lipinski definition) is 2. The molecule has 232 valence electrons. The maximum atomic E-state index is 13.1. The zero-order valence-electron chi connectivity index (χ0n) is 26.1. The number of aliphatic hydroxyl groups is 1. The lowest BCUT2D eigenvalue weighted by Crippen LogP contribution is -2.75. The summed E-state index contributed by atoms with van der Waals surface area (Å²) >= 11 is 6.11. The van der Waals surface area contributed by atoms with E-state index in [1.807, 2.05) is 13.8 Å². The normalized spacial score (nSPS) is 10.7. The summed E-state index contributed by atoms with van der Waals surface area (Å²) in [6, 6.07) is 16.3. The van der Waals surface area contributed by atoms with Crippen molar-refractivity contribution in [1.82, 2.24) is 0 Å². The lowest BCUT2D eigenvalue weighted by molar-refractivity contribution is -0.455. The lowest BCUT2D eigenvalue weighted by atomic mass is 9.92. The topological polar surface area (TPSA) is 60.5 Å². The largest absolute Gasteiger partial charge is 0.464 e. The molecule has 0 radical (unpaired) electrons. The molecule has 0 spiro atoms. The van der Waals surface area contributed by atoms with E-state index >= 15 is 0 Å². The molecule has 0 saturated heterocycles. The Morgan fingerprint density at radius 1 is 1.02 bits per heavy atom. The molecule has 43 heavy (non-hydrogen) atoms. The maximum absolute atomic E-state index is 13.1. The highest BCUT2D eigenvalue weighted by Crippen LogP contribution is 2.25. The van der Waals surface area contributed by atoms with Crippen molar-refractivity contribution in [2.75, 3.05) is 13.7 Å². The van der Waals surface area contributed by atoms with Crippen LogP contribution in [0.25, 0.3) is 12.2 Å². The Hall–Kier alpha value is -4.03. The van der Waals surface area contributed by atoms with Gasteiger partial charge in [0.1, 0.15) is 11.6 Å². The van der Waals surface area contributed by atoms with Gasteiger partial charge in [-0.1, -0.05) is 87.0 Å². The smallest absolute Gasteiger partial charge is 0.372 e. The second-order valence-corrected chi connectivity index (χ2v) is 9.01. The number of methoxy groups -OCH3 is 1. The number of alkyl halides is 1. The Labute approximate surface area is 261 Å². The second-order valence-electron chi connectivity index (χ2n) is 8.74. The molecule has 0 saturated carbocycles. The average molecular weight is 613 g/mol. The van der Waals surface area contributed by atoms with Crippen molar-refractivity contribution in [3.63, 3.8) is 0 Å². The van der Waals surface area contributed by atoms with Crippen LogP contribution in [0.2, 0.25) is 0 Å². The quantitative estimate of drug-likeness (QED) is 0.0843. The highest BCUT2D eigenvalue weighted by Gasteiger charge is 2.19. The molecule has 0 atom stereocenters. The fourth-order valence-corrected chi connectivity index (χ4v) is 4.02. The zero-order chi connectivity index (χ0) is 32.8. The van der Waals surface area contributed by atoms with Crippen molar-refractivity contribution in [1.29, 1.82) is 0 Å². The number of halogens is 3. The maximum Gasteiger partial charge on any atom is 0.372 e. The van der Waals surface area contributed by atoms with Crippen molar-refractivity contribution in [3.8, 4) is 0 Å². The number of nitrogens with one attached hydrogen (secondary N) is 1. The molecular formula is C36H45ClF2NO3+. The van der Waals surface area contributed by atoms with E-state index in [1.54, 1.807) is 0 Å². The van der Waals surface area contributed by atoms with E-state index in [-0.39, 0.29) is 6.54 Å². The molecule has 4 nitrogen and oxygen atoms in total. The number of hydrogen-bond donors (Lipinski definition) is 2. The van der Waals surface area contributed by atoms with Gasteiger partial charge in [0.05, 0.1) is 7.11 Å². The minimum absolute atomic E-state index is 0.379. The molecule has 3 aromatic carbocycles. The monoisotopic (exact) mass is 612 g/mol. The highest BCUT2D eigenvalue weighted by molar-refractivity contribution is 6.17. The van der Waals surface area contributed by atoms with Gasteiger partial charge in [-0.3, -0.25) is 0 Å². The molecule has 3 aromatic rings.